The number of amides is 2. The average Bonchev–Trinajstić information content (AvgIpc) is 2.36. The van der Waals surface area contributed by atoms with Crippen LogP contribution in [0.1, 0.15) is 24.2 Å². The summed E-state index contributed by atoms with van der Waals surface area (Å²) < 4.78 is 0.888. The molecular weight excluding hydrogens is 355 g/mol. The van der Waals surface area contributed by atoms with E-state index in [4.69, 9.17) is 0 Å². The SMILES string of the molecule is CC(C)CNC(=O)CN(C)C(=O)c1ccccc1I. The Morgan fingerprint density at radius 2 is 1.95 bits per heavy atom. The smallest absolute Gasteiger partial charge is 0.255 e. The van der Waals surface area contributed by atoms with Crippen LogP contribution in [0.5, 0.6) is 0 Å². The summed E-state index contributed by atoms with van der Waals surface area (Å²) >= 11 is 2.12. The standard InChI is InChI=1S/C14H19IN2O2/c1-10(2)8-16-13(18)9-17(3)14(19)11-6-4-5-7-12(11)15/h4-7,10H,8-9H2,1-3H3,(H,16,18). The third kappa shape index (κ3) is 5.18. The molecule has 1 N–H and O–H groups in total. The Morgan fingerprint density at radius 3 is 2.53 bits per heavy atom. The van der Waals surface area contributed by atoms with E-state index in [2.05, 4.69) is 27.9 Å². The van der Waals surface area contributed by atoms with Gasteiger partial charge in [-0.25, -0.2) is 0 Å². The monoisotopic (exact) mass is 374 g/mol. The minimum absolute atomic E-state index is 0.0799. The Balaban J connectivity index is 2.58. The molecule has 0 radical (unpaired) electrons. The molecule has 1 aromatic carbocycles. The fourth-order valence-corrected chi connectivity index (χ4v) is 2.12. The number of hydrogen-bond acceptors (Lipinski definition) is 2. The van der Waals surface area contributed by atoms with Gasteiger partial charge in [-0.3, -0.25) is 9.59 Å². The molecule has 0 aromatic heterocycles. The summed E-state index contributed by atoms with van der Waals surface area (Å²) in [5.41, 5.74) is 0.627. The number of halogens is 1. The fraction of sp³-hybridized carbons (Fsp3) is 0.429. The lowest BCUT2D eigenvalue weighted by Crippen LogP contribution is -2.39. The van der Waals surface area contributed by atoms with Gasteiger partial charge in [0.25, 0.3) is 5.91 Å². The summed E-state index contributed by atoms with van der Waals surface area (Å²) in [6, 6.07) is 7.35. The van der Waals surface area contributed by atoms with E-state index in [0.717, 1.165) is 3.57 Å². The minimum atomic E-state index is -0.135. The highest BCUT2D eigenvalue weighted by molar-refractivity contribution is 14.1. The molecular formula is C14H19IN2O2. The van der Waals surface area contributed by atoms with E-state index in [-0.39, 0.29) is 18.4 Å². The van der Waals surface area contributed by atoms with E-state index < -0.39 is 0 Å². The van der Waals surface area contributed by atoms with Crippen LogP contribution in [0.2, 0.25) is 0 Å². The summed E-state index contributed by atoms with van der Waals surface area (Å²) in [5, 5.41) is 2.80. The molecule has 19 heavy (non-hydrogen) atoms. The van der Waals surface area contributed by atoms with Crippen LogP contribution >= 0.6 is 22.6 Å². The van der Waals surface area contributed by atoms with Crippen molar-refractivity contribution in [1.82, 2.24) is 10.2 Å². The van der Waals surface area contributed by atoms with Crippen molar-refractivity contribution in [3.8, 4) is 0 Å². The summed E-state index contributed by atoms with van der Waals surface area (Å²) in [6.07, 6.45) is 0. The number of rotatable bonds is 5. The molecule has 0 aliphatic carbocycles. The quantitative estimate of drug-likeness (QED) is 0.803. The summed E-state index contributed by atoms with van der Waals surface area (Å²) in [7, 11) is 1.64. The van der Waals surface area contributed by atoms with Gasteiger partial charge in [-0.1, -0.05) is 26.0 Å². The van der Waals surface area contributed by atoms with Crippen molar-refractivity contribution in [2.75, 3.05) is 20.1 Å². The van der Waals surface area contributed by atoms with Gasteiger partial charge in [0.15, 0.2) is 0 Å². The first-order chi connectivity index (χ1) is 8.91. The van der Waals surface area contributed by atoms with Crippen LogP contribution in [0.3, 0.4) is 0 Å². The van der Waals surface area contributed by atoms with Crippen LogP contribution in [0.15, 0.2) is 24.3 Å². The third-order valence-corrected chi connectivity index (χ3v) is 3.48. The summed E-state index contributed by atoms with van der Waals surface area (Å²) in [4.78, 5) is 25.3. The van der Waals surface area contributed by atoms with Crippen LogP contribution in [0, 0.1) is 9.49 Å². The lowest BCUT2D eigenvalue weighted by atomic mass is 10.2. The molecule has 0 aliphatic rings. The van der Waals surface area contributed by atoms with Gasteiger partial charge in [0.2, 0.25) is 5.91 Å². The topological polar surface area (TPSA) is 49.4 Å². The molecule has 0 saturated heterocycles. The van der Waals surface area contributed by atoms with Crippen molar-refractivity contribution in [1.29, 1.82) is 0 Å². The van der Waals surface area contributed by atoms with E-state index in [1.54, 1.807) is 13.1 Å². The maximum atomic E-state index is 12.2. The van der Waals surface area contributed by atoms with Gasteiger partial charge in [0, 0.05) is 17.2 Å². The molecule has 0 unspecified atom stereocenters. The van der Waals surface area contributed by atoms with Gasteiger partial charge in [0.1, 0.15) is 0 Å². The number of hydrogen-bond donors (Lipinski definition) is 1. The lowest BCUT2D eigenvalue weighted by Gasteiger charge is -2.18. The van der Waals surface area contributed by atoms with Crippen molar-refractivity contribution in [3.05, 3.63) is 33.4 Å². The van der Waals surface area contributed by atoms with Crippen LogP contribution in [0.25, 0.3) is 0 Å². The second-order valence-electron chi connectivity index (χ2n) is 4.84. The first kappa shape index (κ1) is 15.9. The molecule has 4 nitrogen and oxygen atoms in total. The van der Waals surface area contributed by atoms with E-state index >= 15 is 0 Å². The number of carbonyl (C=O) groups is 2. The molecule has 1 rings (SSSR count). The van der Waals surface area contributed by atoms with E-state index in [1.165, 1.54) is 4.90 Å². The van der Waals surface area contributed by atoms with Crippen LogP contribution < -0.4 is 5.32 Å². The minimum Gasteiger partial charge on any atom is -0.354 e. The second-order valence-corrected chi connectivity index (χ2v) is 6.00. The van der Waals surface area contributed by atoms with Crippen LogP contribution in [0.4, 0.5) is 0 Å². The van der Waals surface area contributed by atoms with Crippen molar-refractivity contribution in [2.45, 2.75) is 13.8 Å². The van der Waals surface area contributed by atoms with Crippen LogP contribution in [-0.2, 0) is 4.79 Å². The van der Waals surface area contributed by atoms with E-state index in [9.17, 15) is 9.59 Å². The molecule has 2 amide bonds. The lowest BCUT2D eigenvalue weighted by molar-refractivity contribution is -0.121. The predicted octanol–water partition coefficient (Wildman–Crippen LogP) is 2.14. The Hall–Kier alpha value is -1.11. The van der Waals surface area contributed by atoms with Crippen molar-refractivity contribution >= 4 is 34.4 Å². The van der Waals surface area contributed by atoms with E-state index in [0.29, 0.717) is 18.0 Å². The maximum Gasteiger partial charge on any atom is 0.255 e. The number of likely N-dealkylation sites (N-methyl/N-ethyl adjacent to an activating group) is 1. The Bertz CT molecular complexity index is 461. The van der Waals surface area contributed by atoms with Gasteiger partial charge < -0.3 is 10.2 Å². The average molecular weight is 374 g/mol. The maximum absolute atomic E-state index is 12.2. The molecule has 0 bridgehead atoms. The highest BCUT2D eigenvalue weighted by atomic mass is 127. The Kier molecular flexibility index (Phi) is 6.27. The molecule has 0 spiro atoms. The normalized spacial score (nSPS) is 10.4. The summed E-state index contributed by atoms with van der Waals surface area (Å²) in [6.45, 7) is 4.77. The Labute approximate surface area is 127 Å². The third-order valence-electron chi connectivity index (χ3n) is 2.54. The van der Waals surface area contributed by atoms with Gasteiger partial charge in [0.05, 0.1) is 12.1 Å². The first-order valence-corrected chi connectivity index (χ1v) is 7.26. The van der Waals surface area contributed by atoms with Gasteiger partial charge in [-0.05, 0) is 40.6 Å². The van der Waals surface area contributed by atoms with Crippen LogP contribution in [-0.4, -0.2) is 36.9 Å². The predicted molar refractivity (Wildman–Crippen MR) is 84.0 cm³/mol. The zero-order valence-corrected chi connectivity index (χ0v) is 13.6. The van der Waals surface area contributed by atoms with E-state index in [1.807, 2.05) is 32.0 Å². The first-order valence-electron chi connectivity index (χ1n) is 6.18. The molecule has 5 heteroatoms. The van der Waals surface area contributed by atoms with Crippen molar-refractivity contribution in [3.63, 3.8) is 0 Å². The number of nitrogens with one attached hydrogen (secondary N) is 1. The zero-order chi connectivity index (χ0) is 14.4. The van der Waals surface area contributed by atoms with Crippen molar-refractivity contribution in [2.24, 2.45) is 5.92 Å². The molecule has 0 fully saturated rings. The largest absolute Gasteiger partial charge is 0.354 e. The van der Waals surface area contributed by atoms with Gasteiger partial charge >= 0.3 is 0 Å². The van der Waals surface area contributed by atoms with Gasteiger partial charge in [-0.15, -0.1) is 0 Å². The molecule has 0 heterocycles. The summed E-state index contributed by atoms with van der Waals surface area (Å²) in [5.74, 6) is 0.139. The number of nitrogens with zero attached hydrogens (tertiary/aromatic N) is 1. The molecule has 1 aromatic rings. The fourth-order valence-electron chi connectivity index (χ4n) is 1.50. The Morgan fingerprint density at radius 1 is 1.32 bits per heavy atom. The number of benzene rings is 1. The molecule has 104 valence electrons. The molecule has 0 atom stereocenters. The second kappa shape index (κ2) is 7.47. The van der Waals surface area contributed by atoms with Crippen molar-refractivity contribution < 1.29 is 9.59 Å². The number of carbonyl (C=O) groups excluding carboxylic acids is 2. The van der Waals surface area contributed by atoms with Gasteiger partial charge in [-0.2, -0.15) is 0 Å². The highest BCUT2D eigenvalue weighted by Gasteiger charge is 2.16. The zero-order valence-electron chi connectivity index (χ0n) is 11.4. The molecule has 0 saturated carbocycles. The molecule has 0 aliphatic heterocycles. The highest BCUT2D eigenvalue weighted by Crippen LogP contribution is 2.13.